The standard InChI is InChI=1S/C17H24ClNO2/c1-11-5-10-14(18)16-15(11)20-17(2,21-16)12-6-8-13(9-7-12)19(3)4/h5,10,12-13H,6-9H2,1-4H3/t12?,13?,17-/m1/s1. The van der Waals surface area contributed by atoms with Gasteiger partial charge in [0.2, 0.25) is 0 Å². The fraction of sp³-hybridized carbons (Fsp3) is 0.647. The van der Waals surface area contributed by atoms with Gasteiger partial charge in [0.1, 0.15) is 0 Å². The number of hydrogen-bond donors (Lipinski definition) is 0. The summed E-state index contributed by atoms with van der Waals surface area (Å²) >= 11 is 6.26. The highest BCUT2D eigenvalue weighted by atomic mass is 35.5. The van der Waals surface area contributed by atoms with Gasteiger partial charge in [-0.15, -0.1) is 0 Å². The summed E-state index contributed by atoms with van der Waals surface area (Å²) in [6.45, 7) is 4.09. The van der Waals surface area contributed by atoms with E-state index >= 15 is 0 Å². The minimum Gasteiger partial charge on any atom is -0.448 e. The number of ether oxygens (including phenoxy) is 2. The molecule has 3 nitrogen and oxygen atoms in total. The monoisotopic (exact) mass is 309 g/mol. The number of halogens is 1. The molecular formula is C17H24ClNO2. The van der Waals surface area contributed by atoms with E-state index in [1.807, 2.05) is 19.1 Å². The summed E-state index contributed by atoms with van der Waals surface area (Å²) in [5, 5.41) is 0.640. The molecule has 4 heteroatoms. The molecule has 1 aliphatic carbocycles. The zero-order valence-corrected chi connectivity index (χ0v) is 14.0. The van der Waals surface area contributed by atoms with Gasteiger partial charge in [0.15, 0.2) is 11.5 Å². The Morgan fingerprint density at radius 2 is 1.71 bits per heavy atom. The van der Waals surface area contributed by atoms with E-state index < -0.39 is 5.79 Å². The van der Waals surface area contributed by atoms with Crippen LogP contribution in [0.3, 0.4) is 0 Å². The average Bonchev–Trinajstić information content (AvgIpc) is 2.84. The van der Waals surface area contributed by atoms with Crippen molar-refractivity contribution in [3.63, 3.8) is 0 Å². The third kappa shape index (κ3) is 2.62. The molecule has 0 N–H and O–H groups in total. The zero-order chi connectivity index (χ0) is 15.2. The van der Waals surface area contributed by atoms with E-state index in [4.69, 9.17) is 21.1 Å². The first-order valence-corrected chi connectivity index (χ1v) is 8.12. The van der Waals surface area contributed by atoms with E-state index in [0.29, 0.717) is 22.7 Å². The molecule has 21 heavy (non-hydrogen) atoms. The summed E-state index contributed by atoms with van der Waals surface area (Å²) in [7, 11) is 4.32. The van der Waals surface area contributed by atoms with Crippen LogP contribution in [-0.2, 0) is 0 Å². The lowest BCUT2D eigenvalue weighted by atomic mass is 9.81. The molecule has 0 saturated heterocycles. The summed E-state index contributed by atoms with van der Waals surface area (Å²) in [6, 6.07) is 4.55. The summed E-state index contributed by atoms with van der Waals surface area (Å²) in [5.41, 5.74) is 1.08. The van der Waals surface area contributed by atoms with Crippen LogP contribution < -0.4 is 9.47 Å². The van der Waals surface area contributed by atoms with Crippen LogP contribution in [0.1, 0.15) is 38.2 Å². The van der Waals surface area contributed by atoms with E-state index in [2.05, 4.69) is 25.9 Å². The zero-order valence-electron chi connectivity index (χ0n) is 13.3. The third-order valence-corrected chi connectivity index (χ3v) is 5.34. The molecule has 0 radical (unpaired) electrons. The minimum atomic E-state index is -0.574. The van der Waals surface area contributed by atoms with Gasteiger partial charge in [0.05, 0.1) is 5.02 Å². The fourth-order valence-electron chi connectivity index (χ4n) is 3.57. The van der Waals surface area contributed by atoms with Crippen LogP contribution in [0.2, 0.25) is 5.02 Å². The lowest BCUT2D eigenvalue weighted by Crippen LogP contribution is -2.46. The van der Waals surface area contributed by atoms with E-state index in [1.54, 1.807) is 0 Å². The van der Waals surface area contributed by atoms with Gasteiger partial charge in [-0.25, -0.2) is 0 Å². The Bertz CT molecular complexity index is 505. The molecule has 1 saturated carbocycles. The maximum absolute atomic E-state index is 6.26. The van der Waals surface area contributed by atoms with Gasteiger partial charge in [-0.3, -0.25) is 0 Å². The van der Waals surface area contributed by atoms with Crippen LogP contribution in [0.5, 0.6) is 11.5 Å². The largest absolute Gasteiger partial charge is 0.448 e. The number of benzene rings is 1. The van der Waals surface area contributed by atoms with Crippen LogP contribution in [0, 0.1) is 12.8 Å². The normalized spacial score (nSPS) is 31.7. The predicted molar refractivity (Wildman–Crippen MR) is 85.3 cm³/mol. The van der Waals surface area contributed by atoms with Gasteiger partial charge in [0, 0.05) is 18.9 Å². The Morgan fingerprint density at radius 1 is 1.10 bits per heavy atom. The Morgan fingerprint density at radius 3 is 2.29 bits per heavy atom. The van der Waals surface area contributed by atoms with Crippen molar-refractivity contribution in [2.45, 2.75) is 51.4 Å². The fourth-order valence-corrected chi connectivity index (χ4v) is 3.76. The van der Waals surface area contributed by atoms with Crippen LogP contribution in [0.4, 0.5) is 0 Å². The second-order valence-electron chi connectivity index (χ2n) is 6.71. The van der Waals surface area contributed by atoms with Crippen molar-refractivity contribution < 1.29 is 9.47 Å². The summed E-state index contributed by atoms with van der Waals surface area (Å²) in [5.74, 6) is 1.38. The molecule has 0 amide bonds. The Kier molecular flexibility index (Phi) is 3.83. The topological polar surface area (TPSA) is 21.7 Å². The van der Waals surface area contributed by atoms with Gasteiger partial charge in [-0.05, 0) is 58.3 Å². The number of nitrogens with zero attached hydrogens (tertiary/aromatic N) is 1. The highest BCUT2D eigenvalue weighted by Gasteiger charge is 2.46. The minimum absolute atomic E-state index is 0.413. The maximum Gasteiger partial charge on any atom is 0.251 e. The molecule has 1 aromatic rings. The van der Waals surface area contributed by atoms with Crippen molar-refractivity contribution in [2.24, 2.45) is 5.92 Å². The van der Waals surface area contributed by atoms with Crippen LogP contribution in [0.15, 0.2) is 12.1 Å². The predicted octanol–water partition coefficient (Wildman–Crippen LogP) is 4.26. The second kappa shape index (κ2) is 5.36. The van der Waals surface area contributed by atoms with Gasteiger partial charge in [0.25, 0.3) is 5.79 Å². The molecule has 1 aliphatic heterocycles. The molecule has 1 heterocycles. The van der Waals surface area contributed by atoms with Crippen LogP contribution in [0.25, 0.3) is 0 Å². The lowest BCUT2D eigenvalue weighted by Gasteiger charge is -2.39. The first-order chi connectivity index (χ1) is 9.90. The summed E-state index contributed by atoms with van der Waals surface area (Å²) in [6.07, 6.45) is 4.65. The van der Waals surface area contributed by atoms with Crippen molar-refractivity contribution in [1.29, 1.82) is 0 Å². The number of rotatable bonds is 2. The summed E-state index contributed by atoms with van der Waals surface area (Å²) in [4.78, 5) is 2.32. The number of hydrogen-bond acceptors (Lipinski definition) is 3. The van der Waals surface area contributed by atoms with E-state index in [9.17, 15) is 0 Å². The molecule has 2 aliphatic rings. The van der Waals surface area contributed by atoms with Gasteiger partial charge < -0.3 is 14.4 Å². The molecule has 1 fully saturated rings. The van der Waals surface area contributed by atoms with Crippen molar-refractivity contribution in [2.75, 3.05) is 14.1 Å². The molecular weight excluding hydrogens is 286 g/mol. The van der Waals surface area contributed by atoms with Gasteiger partial charge >= 0.3 is 0 Å². The Balaban J connectivity index is 1.76. The molecule has 116 valence electrons. The van der Waals surface area contributed by atoms with E-state index in [1.165, 1.54) is 12.8 Å². The molecule has 1 atom stereocenters. The molecule has 3 rings (SSSR count). The van der Waals surface area contributed by atoms with Crippen molar-refractivity contribution >= 4 is 11.6 Å². The number of fused-ring (bicyclic) bond motifs is 1. The van der Waals surface area contributed by atoms with Crippen LogP contribution >= 0.6 is 11.6 Å². The van der Waals surface area contributed by atoms with Crippen molar-refractivity contribution in [3.05, 3.63) is 22.7 Å². The lowest BCUT2D eigenvalue weighted by molar-refractivity contribution is -0.123. The molecule has 0 unspecified atom stereocenters. The maximum atomic E-state index is 6.26. The summed E-state index contributed by atoms with van der Waals surface area (Å²) < 4.78 is 12.4. The molecule has 1 aromatic carbocycles. The molecule has 0 spiro atoms. The number of aryl methyl sites for hydroxylation is 1. The Labute approximate surface area is 132 Å². The highest BCUT2D eigenvalue weighted by Crippen LogP contribution is 2.50. The quantitative estimate of drug-likeness (QED) is 0.815. The van der Waals surface area contributed by atoms with Crippen molar-refractivity contribution in [1.82, 2.24) is 4.90 Å². The first kappa shape index (κ1) is 15.0. The molecule has 0 bridgehead atoms. The average molecular weight is 310 g/mol. The van der Waals surface area contributed by atoms with Gasteiger partial charge in [-0.1, -0.05) is 17.7 Å². The highest BCUT2D eigenvalue weighted by molar-refractivity contribution is 6.32. The smallest absolute Gasteiger partial charge is 0.251 e. The van der Waals surface area contributed by atoms with E-state index in [-0.39, 0.29) is 0 Å². The van der Waals surface area contributed by atoms with Crippen LogP contribution in [-0.4, -0.2) is 30.8 Å². The first-order valence-electron chi connectivity index (χ1n) is 7.74. The SMILES string of the molecule is Cc1ccc(Cl)c2c1O[C@@](C)(C1CCC(N(C)C)CC1)O2. The third-order valence-electron chi connectivity index (χ3n) is 5.04. The van der Waals surface area contributed by atoms with Crippen molar-refractivity contribution in [3.8, 4) is 11.5 Å². The molecule has 0 aromatic heterocycles. The van der Waals surface area contributed by atoms with Gasteiger partial charge in [-0.2, -0.15) is 0 Å². The Hall–Kier alpha value is -0.930. The second-order valence-corrected chi connectivity index (χ2v) is 7.12. The van der Waals surface area contributed by atoms with E-state index in [0.717, 1.165) is 24.2 Å².